The van der Waals surface area contributed by atoms with Crippen molar-refractivity contribution in [3.63, 3.8) is 0 Å². The minimum Gasteiger partial charge on any atom is -0.444 e. The van der Waals surface area contributed by atoms with E-state index in [1.165, 1.54) is 10.4 Å². The van der Waals surface area contributed by atoms with Crippen LogP contribution >= 0.6 is 0 Å². The van der Waals surface area contributed by atoms with Crippen LogP contribution in [0.4, 0.5) is 4.79 Å². The molecule has 1 amide bonds. The zero-order valence-corrected chi connectivity index (χ0v) is 21.6. The number of rotatable bonds is 6. The second-order valence-electron chi connectivity index (χ2n) is 10.9. The third kappa shape index (κ3) is 5.74. The van der Waals surface area contributed by atoms with E-state index in [0.29, 0.717) is 12.8 Å². The van der Waals surface area contributed by atoms with Crippen LogP contribution in [0.1, 0.15) is 54.4 Å². The molecule has 0 bridgehead atoms. The van der Waals surface area contributed by atoms with Crippen molar-refractivity contribution in [2.24, 2.45) is 5.92 Å². The monoisotopic (exact) mass is 467 g/mol. The van der Waals surface area contributed by atoms with Crippen molar-refractivity contribution in [3.05, 3.63) is 60.7 Å². The largest absolute Gasteiger partial charge is 0.444 e. The van der Waals surface area contributed by atoms with Crippen molar-refractivity contribution >= 4 is 31.1 Å². The smallest absolute Gasteiger partial charge is 0.407 e. The average Bonchev–Trinajstić information content (AvgIpc) is 3.12. The average molecular weight is 468 g/mol. The topological polar surface area (TPSA) is 64.6 Å². The zero-order valence-electron chi connectivity index (χ0n) is 20.6. The highest BCUT2D eigenvalue weighted by Crippen LogP contribution is 2.40. The first-order valence-corrected chi connectivity index (χ1v) is 13.6. The van der Waals surface area contributed by atoms with Crippen LogP contribution in [0.3, 0.4) is 0 Å². The summed E-state index contributed by atoms with van der Waals surface area (Å²) in [5, 5.41) is 5.17. The van der Waals surface area contributed by atoms with Gasteiger partial charge in [0.1, 0.15) is 11.9 Å². The number of hydrogen-bond donors (Lipinski definition) is 1. The molecule has 1 fully saturated rings. The molecule has 2 aromatic rings. The highest BCUT2D eigenvalue weighted by Gasteiger charge is 2.53. The van der Waals surface area contributed by atoms with Gasteiger partial charge >= 0.3 is 6.09 Å². The third-order valence-corrected chi connectivity index (χ3v) is 11.2. The Labute approximate surface area is 199 Å². The number of carbonyl (C=O) groups excluding carboxylic acids is 2. The van der Waals surface area contributed by atoms with Crippen LogP contribution < -0.4 is 15.7 Å². The van der Waals surface area contributed by atoms with E-state index in [2.05, 4.69) is 74.6 Å². The lowest BCUT2D eigenvalue weighted by molar-refractivity contribution is -0.111. The Morgan fingerprint density at radius 1 is 0.909 bits per heavy atom. The fourth-order valence-electron chi connectivity index (χ4n) is 4.81. The second-order valence-corrected chi connectivity index (χ2v) is 15.2. The predicted octanol–water partition coefficient (Wildman–Crippen LogP) is 4.43. The Bertz CT molecular complexity index is 895. The molecule has 6 heteroatoms. The highest BCUT2D eigenvalue weighted by atomic mass is 28.4. The number of amides is 1. The highest BCUT2D eigenvalue weighted by molar-refractivity contribution is 6.99. The summed E-state index contributed by atoms with van der Waals surface area (Å²) < 4.78 is 12.7. The molecule has 1 aliphatic carbocycles. The molecule has 0 radical (unpaired) electrons. The Morgan fingerprint density at radius 2 is 1.42 bits per heavy atom. The van der Waals surface area contributed by atoms with Gasteiger partial charge in [0.05, 0.1) is 12.1 Å². The van der Waals surface area contributed by atoms with Gasteiger partial charge in [0, 0.05) is 5.92 Å². The van der Waals surface area contributed by atoms with Crippen LogP contribution in [0.5, 0.6) is 0 Å². The van der Waals surface area contributed by atoms with Crippen molar-refractivity contribution in [2.75, 3.05) is 0 Å². The molecule has 1 aliphatic rings. The van der Waals surface area contributed by atoms with Gasteiger partial charge in [0.25, 0.3) is 8.32 Å². The maximum Gasteiger partial charge on any atom is 0.407 e. The fraction of sp³-hybridized carbons (Fsp3) is 0.481. The van der Waals surface area contributed by atoms with Gasteiger partial charge in [-0.1, -0.05) is 81.4 Å². The van der Waals surface area contributed by atoms with E-state index in [0.717, 1.165) is 6.29 Å². The Balaban J connectivity index is 2.04. The number of hydrogen-bond acceptors (Lipinski definition) is 4. The van der Waals surface area contributed by atoms with Crippen LogP contribution in [-0.4, -0.2) is 38.4 Å². The van der Waals surface area contributed by atoms with Gasteiger partial charge in [-0.15, -0.1) is 0 Å². The summed E-state index contributed by atoms with van der Waals surface area (Å²) in [4.78, 5) is 24.3. The molecule has 0 spiro atoms. The quantitative estimate of drug-likeness (QED) is 0.504. The molecule has 33 heavy (non-hydrogen) atoms. The number of alkyl carbamates (subject to hydrolysis) is 1. The maximum atomic E-state index is 12.6. The van der Waals surface area contributed by atoms with Gasteiger partial charge in [-0.05, 0) is 49.0 Å². The van der Waals surface area contributed by atoms with Gasteiger partial charge in [0.15, 0.2) is 0 Å². The molecule has 1 N–H and O–H groups in total. The van der Waals surface area contributed by atoms with Crippen molar-refractivity contribution in [1.82, 2.24) is 5.32 Å². The molecule has 178 valence electrons. The summed E-state index contributed by atoms with van der Waals surface area (Å²) in [6.07, 6.45) is 1.34. The third-order valence-electron chi connectivity index (χ3n) is 6.18. The predicted molar refractivity (Wildman–Crippen MR) is 134 cm³/mol. The normalized spacial score (nSPS) is 21.5. The van der Waals surface area contributed by atoms with Crippen molar-refractivity contribution in [3.8, 4) is 0 Å². The van der Waals surface area contributed by atoms with Gasteiger partial charge in [-0.25, -0.2) is 4.79 Å². The number of ether oxygens (including phenoxy) is 1. The fourth-order valence-corrected chi connectivity index (χ4v) is 9.54. The van der Waals surface area contributed by atoms with Crippen molar-refractivity contribution in [1.29, 1.82) is 0 Å². The summed E-state index contributed by atoms with van der Waals surface area (Å²) in [6.45, 7) is 12.2. The van der Waals surface area contributed by atoms with E-state index < -0.39 is 20.0 Å². The van der Waals surface area contributed by atoms with Crippen LogP contribution in [0, 0.1) is 5.92 Å². The Kier molecular flexibility index (Phi) is 7.49. The summed E-state index contributed by atoms with van der Waals surface area (Å²) in [6, 6.07) is 20.5. The summed E-state index contributed by atoms with van der Waals surface area (Å²) >= 11 is 0. The van der Waals surface area contributed by atoms with E-state index >= 15 is 0 Å². The second kappa shape index (κ2) is 9.81. The number of carbonyl (C=O) groups is 2. The van der Waals surface area contributed by atoms with Crippen LogP contribution in [0.15, 0.2) is 60.7 Å². The first-order chi connectivity index (χ1) is 15.5. The number of aldehydes is 1. The lowest BCUT2D eigenvalue weighted by atomic mass is 10.1. The minimum atomic E-state index is -2.80. The Hall–Kier alpha value is -2.44. The SMILES string of the molecule is CC(C)(C)OC(=O)N[C@@H]1C[C@@H](C=O)C[C@H]1O[Si](c1ccccc1)(c1ccccc1)C(C)(C)C. The van der Waals surface area contributed by atoms with Crippen molar-refractivity contribution in [2.45, 2.75) is 77.2 Å². The molecular formula is C27H37NO4Si. The minimum absolute atomic E-state index is 0.159. The van der Waals surface area contributed by atoms with Gasteiger partial charge in [-0.3, -0.25) is 0 Å². The molecule has 0 saturated heterocycles. The lowest BCUT2D eigenvalue weighted by Crippen LogP contribution is -2.68. The molecule has 3 atom stereocenters. The lowest BCUT2D eigenvalue weighted by Gasteiger charge is -2.45. The molecule has 3 rings (SSSR count). The van der Waals surface area contributed by atoms with Crippen LogP contribution in [0.2, 0.25) is 5.04 Å². The molecule has 5 nitrogen and oxygen atoms in total. The molecule has 0 aromatic heterocycles. The molecular weight excluding hydrogens is 430 g/mol. The summed E-state index contributed by atoms with van der Waals surface area (Å²) in [7, 11) is -2.80. The van der Waals surface area contributed by atoms with Crippen molar-refractivity contribution < 1.29 is 18.8 Å². The van der Waals surface area contributed by atoms with E-state index in [-0.39, 0.29) is 23.1 Å². The van der Waals surface area contributed by atoms with Crippen LogP contribution in [-0.2, 0) is 14.0 Å². The molecule has 1 saturated carbocycles. The van der Waals surface area contributed by atoms with E-state index in [9.17, 15) is 9.59 Å². The molecule has 0 unspecified atom stereocenters. The van der Waals surface area contributed by atoms with Gasteiger partial charge < -0.3 is 19.3 Å². The first-order valence-electron chi connectivity index (χ1n) is 11.7. The summed E-state index contributed by atoms with van der Waals surface area (Å²) in [5.41, 5.74) is -0.596. The first kappa shape index (κ1) is 25.2. The summed E-state index contributed by atoms with van der Waals surface area (Å²) in [5.74, 6) is -0.159. The van der Waals surface area contributed by atoms with E-state index in [4.69, 9.17) is 9.16 Å². The Morgan fingerprint density at radius 3 is 1.85 bits per heavy atom. The number of nitrogens with one attached hydrogen (secondary N) is 1. The standard InChI is InChI=1S/C27H37NO4Si/c1-26(2,3)31-25(30)28-23-17-20(19-29)18-24(23)32-33(27(4,5)6,21-13-9-7-10-14-21)22-15-11-8-12-16-22/h7-16,19-20,23-24H,17-18H2,1-6H3,(H,28,30)/t20-,23-,24-/m1/s1. The molecule has 0 aliphatic heterocycles. The van der Waals surface area contributed by atoms with Gasteiger partial charge in [-0.2, -0.15) is 0 Å². The molecule has 0 heterocycles. The zero-order chi connectivity index (χ0) is 24.3. The molecule has 2 aromatic carbocycles. The number of benzene rings is 2. The van der Waals surface area contributed by atoms with E-state index in [1.54, 1.807) is 0 Å². The maximum absolute atomic E-state index is 12.6. The van der Waals surface area contributed by atoms with Gasteiger partial charge in [0.2, 0.25) is 0 Å². The van der Waals surface area contributed by atoms with E-state index in [1.807, 2.05) is 32.9 Å². The van der Waals surface area contributed by atoms with Crippen LogP contribution in [0.25, 0.3) is 0 Å².